The van der Waals surface area contributed by atoms with Crippen molar-refractivity contribution in [3.05, 3.63) is 64.6 Å². The molecule has 1 saturated heterocycles. The first kappa shape index (κ1) is 17.7. The average Bonchev–Trinajstić information content (AvgIpc) is 3.26. The van der Waals surface area contributed by atoms with Crippen molar-refractivity contribution in [3.8, 4) is 0 Å². The fraction of sp³-hybridized carbons (Fsp3) is 0.250. The highest BCUT2D eigenvalue weighted by atomic mass is 79.9. The zero-order valence-electron chi connectivity index (χ0n) is 14.7. The molecule has 0 saturated carbocycles. The second kappa shape index (κ2) is 7.15. The quantitative estimate of drug-likeness (QED) is 0.749. The van der Waals surface area contributed by atoms with E-state index in [-0.39, 0.29) is 25.0 Å². The van der Waals surface area contributed by atoms with Crippen LogP contribution < -0.4 is 5.01 Å². The van der Waals surface area contributed by atoms with Crippen LogP contribution in [0.2, 0.25) is 0 Å². The van der Waals surface area contributed by atoms with Crippen molar-refractivity contribution in [1.29, 1.82) is 0 Å². The van der Waals surface area contributed by atoms with Crippen LogP contribution in [0.4, 0.5) is 10.5 Å². The summed E-state index contributed by atoms with van der Waals surface area (Å²) in [5.41, 5.74) is 2.58. The fourth-order valence-electron chi connectivity index (χ4n) is 3.44. The number of rotatable bonds is 3. The SMILES string of the molecule is C[C@H]1C(c2ccccc2)=NN(c2ccc(Br)cc2)[C@@H]1C(=O)N1CCOC1=O. The molecule has 0 unspecified atom stereocenters. The molecule has 0 N–H and O–H groups in total. The smallest absolute Gasteiger partial charge is 0.416 e. The molecule has 2 aliphatic rings. The lowest BCUT2D eigenvalue weighted by Crippen LogP contribution is -2.48. The number of benzene rings is 2. The molecule has 0 bridgehead atoms. The van der Waals surface area contributed by atoms with Crippen molar-refractivity contribution >= 4 is 39.3 Å². The van der Waals surface area contributed by atoms with E-state index in [1.807, 2.05) is 61.5 Å². The number of imide groups is 1. The van der Waals surface area contributed by atoms with Crippen molar-refractivity contribution < 1.29 is 14.3 Å². The number of carbonyl (C=O) groups is 2. The molecular weight excluding hydrogens is 410 g/mol. The normalized spacial score (nSPS) is 22.0. The second-order valence-corrected chi connectivity index (χ2v) is 7.43. The highest BCUT2D eigenvalue weighted by Crippen LogP contribution is 2.33. The Balaban J connectivity index is 1.74. The van der Waals surface area contributed by atoms with Gasteiger partial charge in [-0.15, -0.1) is 0 Å². The maximum atomic E-state index is 13.2. The van der Waals surface area contributed by atoms with Gasteiger partial charge >= 0.3 is 6.09 Å². The number of halogens is 1. The van der Waals surface area contributed by atoms with Gasteiger partial charge in [-0.25, -0.2) is 9.69 Å². The Morgan fingerprint density at radius 2 is 1.85 bits per heavy atom. The van der Waals surface area contributed by atoms with E-state index in [0.29, 0.717) is 0 Å². The van der Waals surface area contributed by atoms with Gasteiger partial charge in [-0.1, -0.05) is 53.2 Å². The third-order valence-electron chi connectivity index (χ3n) is 4.82. The van der Waals surface area contributed by atoms with Gasteiger partial charge in [0.05, 0.1) is 17.9 Å². The van der Waals surface area contributed by atoms with Crippen LogP contribution in [-0.4, -0.2) is 41.8 Å². The summed E-state index contributed by atoms with van der Waals surface area (Å²) < 4.78 is 5.90. The van der Waals surface area contributed by atoms with Gasteiger partial charge < -0.3 is 4.74 Å². The molecule has 138 valence electrons. The molecule has 0 spiro atoms. The predicted octanol–water partition coefficient (Wildman–Crippen LogP) is 3.66. The molecule has 4 rings (SSSR count). The first-order chi connectivity index (χ1) is 13.1. The lowest BCUT2D eigenvalue weighted by atomic mass is 9.92. The van der Waals surface area contributed by atoms with Gasteiger partial charge in [0.25, 0.3) is 5.91 Å². The Morgan fingerprint density at radius 3 is 2.48 bits per heavy atom. The first-order valence-electron chi connectivity index (χ1n) is 8.73. The minimum absolute atomic E-state index is 0.183. The summed E-state index contributed by atoms with van der Waals surface area (Å²) in [7, 11) is 0. The van der Waals surface area contributed by atoms with E-state index in [2.05, 4.69) is 15.9 Å². The molecule has 2 heterocycles. The summed E-state index contributed by atoms with van der Waals surface area (Å²) >= 11 is 3.43. The van der Waals surface area contributed by atoms with E-state index >= 15 is 0 Å². The Bertz CT molecular complexity index is 898. The van der Waals surface area contributed by atoms with Crippen molar-refractivity contribution in [2.24, 2.45) is 11.0 Å². The van der Waals surface area contributed by atoms with Gasteiger partial charge in [0.1, 0.15) is 12.6 Å². The van der Waals surface area contributed by atoms with Crippen LogP contribution in [0.15, 0.2) is 64.2 Å². The monoisotopic (exact) mass is 427 g/mol. The molecule has 2 aromatic carbocycles. The van der Waals surface area contributed by atoms with Crippen LogP contribution >= 0.6 is 15.9 Å². The van der Waals surface area contributed by atoms with Crippen molar-refractivity contribution in [2.45, 2.75) is 13.0 Å². The number of hydrogen-bond donors (Lipinski definition) is 0. The topological polar surface area (TPSA) is 62.2 Å². The molecule has 1 fully saturated rings. The Morgan fingerprint density at radius 1 is 1.15 bits per heavy atom. The fourth-order valence-corrected chi connectivity index (χ4v) is 3.71. The molecule has 0 aliphatic carbocycles. The Hall–Kier alpha value is -2.67. The minimum Gasteiger partial charge on any atom is -0.447 e. The largest absolute Gasteiger partial charge is 0.447 e. The number of hydrazone groups is 1. The van der Waals surface area contributed by atoms with Crippen LogP contribution in [0.3, 0.4) is 0 Å². The summed E-state index contributed by atoms with van der Waals surface area (Å²) in [4.78, 5) is 26.3. The highest BCUT2D eigenvalue weighted by Gasteiger charge is 2.45. The highest BCUT2D eigenvalue weighted by molar-refractivity contribution is 9.10. The second-order valence-electron chi connectivity index (χ2n) is 6.51. The van der Waals surface area contributed by atoms with Crippen LogP contribution in [-0.2, 0) is 9.53 Å². The van der Waals surface area contributed by atoms with Gasteiger partial charge in [-0.2, -0.15) is 5.10 Å². The lowest BCUT2D eigenvalue weighted by molar-refractivity contribution is -0.129. The molecular formula is C20H18BrN3O3. The molecule has 2 amide bonds. The number of amides is 2. The van der Waals surface area contributed by atoms with E-state index in [0.717, 1.165) is 21.4 Å². The number of anilines is 1. The maximum absolute atomic E-state index is 13.2. The van der Waals surface area contributed by atoms with Crippen molar-refractivity contribution in [3.63, 3.8) is 0 Å². The molecule has 2 aliphatic heterocycles. The Labute approximate surface area is 165 Å². The summed E-state index contributed by atoms with van der Waals surface area (Å²) in [5.74, 6) is -0.473. The average molecular weight is 428 g/mol. The zero-order chi connectivity index (χ0) is 19.0. The first-order valence-corrected chi connectivity index (χ1v) is 9.52. The van der Waals surface area contributed by atoms with Crippen LogP contribution in [0.5, 0.6) is 0 Å². The Kier molecular flexibility index (Phi) is 4.70. The molecule has 2 aromatic rings. The molecule has 27 heavy (non-hydrogen) atoms. The third kappa shape index (κ3) is 3.23. The summed E-state index contributed by atoms with van der Waals surface area (Å²) in [6, 6.07) is 16.8. The van der Waals surface area contributed by atoms with Crippen LogP contribution in [0.1, 0.15) is 12.5 Å². The molecule has 0 radical (unpaired) electrons. The molecule has 6 nitrogen and oxygen atoms in total. The van der Waals surface area contributed by atoms with Crippen molar-refractivity contribution in [2.75, 3.05) is 18.2 Å². The van der Waals surface area contributed by atoms with Gasteiger partial charge in [-0.3, -0.25) is 9.80 Å². The van der Waals surface area contributed by atoms with E-state index in [1.54, 1.807) is 5.01 Å². The zero-order valence-corrected chi connectivity index (χ0v) is 16.3. The van der Waals surface area contributed by atoms with Crippen molar-refractivity contribution in [1.82, 2.24) is 4.90 Å². The number of ether oxygens (including phenoxy) is 1. The standard InChI is InChI=1S/C20H18BrN3O3/c1-13-17(14-5-3-2-4-6-14)22-24(16-9-7-15(21)8-10-16)18(13)19(25)23-11-12-27-20(23)26/h2-10,13,18H,11-12H2,1H3/t13-,18-/m0/s1. The van der Waals surface area contributed by atoms with E-state index < -0.39 is 12.1 Å². The summed E-state index contributed by atoms with van der Waals surface area (Å²) in [5, 5.41) is 6.49. The van der Waals surface area contributed by atoms with Gasteiger partial charge in [-0.05, 0) is 29.8 Å². The number of nitrogens with zero attached hydrogens (tertiary/aromatic N) is 3. The van der Waals surface area contributed by atoms with E-state index in [4.69, 9.17) is 9.84 Å². The number of hydrogen-bond acceptors (Lipinski definition) is 5. The van der Waals surface area contributed by atoms with Crippen LogP contribution in [0.25, 0.3) is 0 Å². The minimum atomic E-state index is -0.605. The van der Waals surface area contributed by atoms with Crippen LogP contribution in [0, 0.1) is 5.92 Å². The van der Waals surface area contributed by atoms with Gasteiger partial charge in [0.2, 0.25) is 0 Å². The number of cyclic esters (lactones) is 1. The molecule has 7 heteroatoms. The summed E-state index contributed by atoms with van der Waals surface area (Å²) in [6.45, 7) is 2.47. The molecule has 0 aromatic heterocycles. The van der Waals surface area contributed by atoms with E-state index in [1.165, 1.54) is 4.90 Å². The third-order valence-corrected chi connectivity index (χ3v) is 5.35. The van der Waals surface area contributed by atoms with Gasteiger partial charge in [0.15, 0.2) is 0 Å². The maximum Gasteiger partial charge on any atom is 0.416 e. The predicted molar refractivity (Wildman–Crippen MR) is 106 cm³/mol. The van der Waals surface area contributed by atoms with Gasteiger partial charge in [0, 0.05) is 10.4 Å². The van der Waals surface area contributed by atoms with E-state index in [9.17, 15) is 9.59 Å². The molecule has 2 atom stereocenters. The number of carbonyl (C=O) groups excluding carboxylic acids is 2. The summed E-state index contributed by atoms with van der Waals surface area (Å²) in [6.07, 6.45) is -0.587. The lowest BCUT2D eigenvalue weighted by Gasteiger charge is -2.27.